The molecule has 0 aliphatic carbocycles. The Bertz CT molecular complexity index is 1170. The molecule has 8 heteroatoms. The molecule has 2 aromatic carbocycles. The molecular formula is C25H27FN4O2S. The summed E-state index contributed by atoms with van der Waals surface area (Å²) in [5.41, 5.74) is 5.72. The smallest absolute Gasteiger partial charge is 0.251 e. The average Bonchev–Trinajstić information content (AvgIpc) is 3.18. The van der Waals surface area contributed by atoms with Crippen molar-refractivity contribution >= 4 is 29.4 Å². The third-order valence-electron chi connectivity index (χ3n) is 5.62. The highest BCUT2D eigenvalue weighted by atomic mass is 32.2. The van der Waals surface area contributed by atoms with Gasteiger partial charge < -0.3 is 10.4 Å². The van der Waals surface area contributed by atoms with Crippen LogP contribution in [-0.4, -0.2) is 22.5 Å². The maximum absolute atomic E-state index is 14.7. The zero-order chi connectivity index (χ0) is 23.8. The maximum atomic E-state index is 14.7. The fourth-order valence-electron chi connectivity index (χ4n) is 3.76. The molecule has 1 fully saturated rings. The Hall–Kier alpha value is -3.26. The maximum Gasteiger partial charge on any atom is 0.251 e. The molecule has 172 valence electrons. The van der Waals surface area contributed by atoms with Gasteiger partial charge in [0, 0.05) is 24.0 Å². The summed E-state index contributed by atoms with van der Waals surface area (Å²) in [5.74, 6) is -1.02. The minimum atomic E-state index is -0.582. The Morgan fingerprint density at radius 2 is 1.94 bits per heavy atom. The number of nitrogens with zero attached hydrogens (tertiary/aromatic N) is 2. The van der Waals surface area contributed by atoms with Gasteiger partial charge in [-0.1, -0.05) is 45.0 Å². The first kappa shape index (κ1) is 22.9. The SMILES string of the molecule is Cc1c(NCc2cc(O)c(N3CC(=O)NS3)c(F)c2)ccnc1-c1ccc(C(C)(C)C)cc1. The van der Waals surface area contributed by atoms with E-state index in [2.05, 4.69) is 60.1 Å². The number of nitrogens with one attached hydrogen (secondary N) is 2. The van der Waals surface area contributed by atoms with E-state index >= 15 is 0 Å². The molecule has 1 aliphatic rings. The molecule has 3 aromatic rings. The lowest BCUT2D eigenvalue weighted by Crippen LogP contribution is -2.16. The number of hydrogen-bond donors (Lipinski definition) is 3. The van der Waals surface area contributed by atoms with Crippen LogP contribution in [0.1, 0.15) is 37.5 Å². The second kappa shape index (κ2) is 8.94. The van der Waals surface area contributed by atoms with E-state index in [1.54, 1.807) is 6.20 Å². The first-order valence-corrected chi connectivity index (χ1v) is 11.5. The molecule has 1 amide bonds. The number of carbonyl (C=O) groups excluding carboxylic acids is 1. The van der Waals surface area contributed by atoms with Crippen molar-refractivity contribution in [2.75, 3.05) is 16.2 Å². The molecule has 0 unspecified atom stereocenters. The van der Waals surface area contributed by atoms with Crippen LogP contribution in [0.2, 0.25) is 0 Å². The number of anilines is 2. The number of carbonyl (C=O) groups is 1. The third-order valence-corrected chi connectivity index (χ3v) is 6.47. The predicted octanol–water partition coefficient (Wildman–Crippen LogP) is 5.31. The minimum Gasteiger partial charge on any atom is -0.506 e. The van der Waals surface area contributed by atoms with Crippen LogP contribution in [0.15, 0.2) is 48.7 Å². The van der Waals surface area contributed by atoms with Crippen molar-refractivity contribution in [1.82, 2.24) is 9.71 Å². The molecule has 1 aromatic heterocycles. The van der Waals surface area contributed by atoms with Gasteiger partial charge in [0.1, 0.15) is 18.0 Å². The van der Waals surface area contributed by atoms with Crippen molar-refractivity contribution in [2.45, 2.75) is 39.7 Å². The van der Waals surface area contributed by atoms with Gasteiger partial charge in [-0.05, 0) is 47.2 Å². The van der Waals surface area contributed by atoms with Crippen LogP contribution in [0.4, 0.5) is 15.8 Å². The second-order valence-corrected chi connectivity index (χ2v) is 9.94. The van der Waals surface area contributed by atoms with Crippen LogP contribution in [0.25, 0.3) is 11.3 Å². The van der Waals surface area contributed by atoms with Gasteiger partial charge in [-0.25, -0.2) is 4.39 Å². The second-order valence-electron chi connectivity index (χ2n) is 9.11. The minimum absolute atomic E-state index is 0.00295. The number of rotatable bonds is 5. The molecule has 0 saturated carbocycles. The van der Waals surface area contributed by atoms with Crippen LogP contribution < -0.4 is 14.3 Å². The third kappa shape index (κ3) is 4.90. The molecule has 0 spiro atoms. The molecule has 0 radical (unpaired) electrons. The standard InChI is InChI=1S/C25H27FN4O2S/c1-15-20(9-10-27-23(15)17-5-7-18(8-6-17)25(2,3)4)28-13-16-11-19(26)24(21(31)12-16)30-14-22(32)29-33-30/h5-12,31H,13-14H2,1-4H3,(H,27,28)(H,29,32). The van der Waals surface area contributed by atoms with E-state index in [0.717, 1.165) is 34.6 Å². The molecule has 1 saturated heterocycles. The lowest BCUT2D eigenvalue weighted by molar-refractivity contribution is -0.117. The zero-order valence-corrected chi connectivity index (χ0v) is 19.9. The fraction of sp³-hybridized carbons (Fsp3) is 0.280. The van der Waals surface area contributed by atoms with Gasteiger partial charge in [0.2, 0.25) is 0 Å². The van der Waals surface area contributed by atoms with Crippen molar-refractivity contribution in [3.8, 4) is 17.0 Å². The van der Waals surface area contributed by atoms with Crippen LogP contribution >= 0.6 is 12.1 Å². The number of phenols is 1. The molecule has 1 aliphatic heterocycles. The summed E-state index contributed by atoms with van der Waals surface area (Å²) >= 11 is 0.963. The number of pyridine rings is 1. The highest BCUT2D eigenvalue weighted by Gasteiger charge is 2.26. The molecular weight excluding hydrogens is 439 g/mol. The lowest BCUT2D eigenvalue weighted by atomic mass is 9.86. The highest BCUT2D eigenvalue weighted by molar-refractivity contribution is 7.99. The fourth-order valence-corrected chi connectivity index (χ4v) is 4.49. The molecule has 0 bridgehead atoms. The van der Waals surface area contributed by atoms with Crippen molar-refractivity contribution in [3.63, 3.8) is 0 Å². The number of hydrogen-bond acceptors (Lipinski definition) is 6. The summed E-state index contributed by atoms with van der Waals surface area (Å²) in [6.07, 6.45) is 1.75. The Kier molecular flexibility index (Phi) is 6.21. The Morgan fingerprint density at radius 3 is 2.55 bits per heavy atom. The Balaban J connectivity index is 1.52. The summed E-state index contributed by atoms with van der Waals surface area (Å²) in [6, 6.07) is 13.2. The van der Waals surface area contributed by atoms with Gasteiger partial charge >= 0.3 is 0 Å². The van der Waals surface area contributed by atoms with Gasteiger partial charge in [-0.3, -0.25) is 18.8 Å². The predicted molar refractivity (Wildman–Crippen MR) is 132 cm³/mol. The highest BCUT2D eigenvalue weighted by Crippen LogP contribution is 2.36. The average molecular weight is 467 g/mol. The van der Waals surface area contributed by atoms with Gasteiger partial charge in [0.25, 0.3) is 5.91 Å². The summed E-state index contributed by atoms with van der Waals surface area (Å²) < 4.78 is 18.6. The van der Waals surface area contributed by atoms with Crippen molar-refractivity contribution in [3.05, 3.63) is 71.2 Å². The van der Waals surface area contributed by atoms with E-state index < -0.39 is 5.82 Å². The summed E-state index contributed by atoms with van der Waals surface area (Å²) in [5, 5.41) is 13.7. The summed E-state index contributed by atoms with van der Waals surface area (Å²) in [6.45, 7) is 8.86. The Labute approximate surface area is 197 Å². The molecule has 3 N–H and O–H groups in total. The first-order valence-electron chi connectivity index (χ1n) is 10.7. The summed E-state index contributed by atoms with van der Waals surface area (Å²) in [4.78, 5) is 16.0. The number of benzene rings is 2. The molecule has 2 heterocycles. The first-order chi connectivity index (χ1) is 15.6. The van der Waals surface area contributed by atoms with Crippen molar-refractivity contribution < 1.29 is 14.3 Å². The molecule has 0 atom stereocenters. The van der Waals surface area contributed by atoms with Gasteiger partial charge in [0.05, 0.1) is 17.8 Å². The number of aromatic nitrogens is 1. The van der Waals surface area contributed by atoms with Crippen LogP contribution in [0, 0.1) is 12.7 Å². The van der Waals surface area contributed by atoms with E-state index in [4.69, 9.17) is 0 Å². The quantitative estimate of drug-likeness (QED) is 0.443. The van der Waals surface area contributed by atoms with Crippen LogP contribution in [-0.2, 0) is 16.8 Å². The molecule has 6 nitrogen and oxygen atoms in total. The number of halogens is 1. The van der Waals surface area contributed by atoms with E-state index in [0.29, 0.717) is 12.1 Å². The number of amides is 1. The van der Waals surface area contributed by atoms with E-state index in [-0.39, 0.29) is 29.3 Å². The molecule has 4 rings (SSSR count). The lowest BCUT2D eigenvalue weighted by Gasteiger charge is -2.19. The Morgan fingerprint density at radius 1 is 1.21 bits per heavy atom. The normalized spacial score (nSPS) is 13.8. The van der Waals surface area contributed by atoms with E-state index in [1.165, 1.54) is 22.0 Å². The monoisotopic (exact) mass is 466 g/mol. The van der Waals surface area contributed by atoms with Crippen LogP contribution in [0.3, 0.4) is 0 Å². The molecule has 33 heavy (non-hydrogen) atoms. The summed E-state index contributed by atoms with van der Waals surface area (Å²) in [7, 11) is 0. The van der Waals surface area contributed by atoms with Gasteiger partial charge in [-0.15, -0.1) is 0 Å². The van der Waals surface area contributed by atoms with Crippen LogP contribution in [0.5, 0.6) is 5.75 Å². The zero-order valence-electron chi connectivity index (χ0n) is 19.1. The van der Waals surface area contributed by atoms with E-state index in [9.17, 15) is 14.3 Å². The van der Waals surface area contributed by atoms with E-state index in [1.807, 2.05) is 13.0 Å². The van der Waals surface area contributed by atoms with Gasteiger partial charge in [0.15, 0.2) is 5.82 Å². The topological polar surface area (TPSA) is 77.5 Å². The van der Waals surface area contributed by atoms with Crippen molar-refractivity contribution in [1.29, 1.82) is 0 Å². The number of aromatic hydroxyl groups is 1. The largest absolute Gasteiger partial charge is 0.506 e. The van der Waals surface area contributed by atoms with Crippen molar-refractivity contribution in [2.24, 2.45) is 0 Å². The van der Waals surface area contributed by atoms with Gasteiger partial charge in [-0.2, -0.15) is 0 Å². The number of phenolic OH excluding ortho intramolecular Hbond substituents is 1.